The smallest absolute Gasteiger partial charge is 0.191 e. The van der Waals surface area contributed by atoms with Gasteiger partial charge in [0, 0.05) is 26.2 Å². The van der Waals surface area contributed by atoms with Crippen LogP contribution >= 0.6 is 24.0 Å². The normalized spacial score (nSPS) is 30.1. The summed E-state index contributed by atoms with van der Waals surface area (Å²) in [4.78, 5) is 7.00. The number of piperidine rings is 1. The molecular formula is C22H35IN4O. The summed E-state index contributed by atoms with van der Waals surface area (Å²) >= 11 is 0. The molecule has 0 aromatic heterocycles. The summed E-state index contributed by atoms with van der Waals surface area (Å²) in [6, 6.07) is 10.2. The number of hydrogen-bond donors (Lipinski definition) is 2. The van der Waals surface area contributed by atoms with Gasteiger partial charge in [-0.1, -0.05) is 30.7 Å². The molecule has 4 rings (SSSR count). The van der Waals surface area contributed by atoms with Crippen molar-refractivity contribution in [2.45, 2.75) is 82.8 Å². The van der Waals surface area contributed by atoms with Crippen LogP contribution in [0, 0.1) is 0 Å². The molecule has 6 heteroatoms. The minimum Gasteiger partial charge on any atom is -0.373 e. The average Bonchev–Trinajstić information content (AvgIpc) is 3.31. The largest absolute Gasteiger partial charge is 0.373 e. The molecule has 4 unspecified atom stereocenters. The Labute approximate surface area is 186 Å². The molecule has 3 heterocycles. The van der Waals surface area contributed by atoms with Crippen molar-refractivity contribution in [3.8, 4) is 0 Å². The second kappa shape index (κ2) is 10.3. The Morgan fingerprint density at radius 1 is 1.14 bits per heavy atom. The van der Waals surface area contributed by atoms with Gasteiger partial charge < -0.3 is 15.4 Å². The number of likely N-dealkylation sites (tertiary alicyclic amines) is 1. The molecular weight excluding hydrogens is 463 g/mol. The Morgan fingerprint density at radius 2 is 1.93 bits per heavy atom. The van der Waals surface area contributed by atoms with Crippen molar-refractivity contribution >= 4 is 29.9 Å². The SMILES string of the molecule is CN=C(NCc1ccc(CN2CCCCC2C)cc1)NC1CC2CCC1O2.I. The Hall–Kier alpha value is -0.860. The maximum Gasteiger partial charge on any atom is 0.191 e. The highest BCUT2D eigenvalue weighted by atomic mass is 127. The van der Waals surface area contributed by atoms with E-state index in [1.807, 2.05) is 7.05 Å². The van der Waals surface area contributed by atoms with Crippen molar-refractivity contribution in [2.75, 3.05) is 13.6 Å². The third kappa shape index (κ3) is 5.39. The lowest BCUT2D eigenvalue weighted by molar-refractivity contribution is 0.0992. The number of halogens is 1. The highest BCUT2D eigenvalue weighted by Crippen LogP contribution is 2.34. The fourth-order valence-corrected chi connectivity index (χ4v) is 4.74. The maximum atomic E-state index is 5.93. The third-order valence-corrected chi connectivity index (χ3v) is 6.46. The molecule has 3 fully saturated rings. The second-order valence-electron chi connectivity index (χ2n) is 8.42. The molecule has 0 amide bonds. The van der Waals surface area contributed by atoms with E-state index in [0.29, 0.717) is 24.3 Å². The lowest BCUT2D eigenvalue weighted by Gasteiger charge is -2.33. The van der Waals surface area contributed by atoms with Crippen LogP contribution < -0.4 is 10.6 Å². The summed E-state index contributed by atoms with van der Waals surface area (Å²) in [5.41, 5.74) is 2.70. The number of aliphatic imine (C=N–C) groups is 1. The average molecular weight is 498 g/mol. The predicted molar refractivity (Wildman–Crippen MR) is 125 cm³/mol. The molecule has 2 bridgehead atoms. The van der Waals surface area contributed by atoms with Crippen LogP contribution in [-0.2, 0) is 17.8 Å². The van der Waals surface area contributed by atoms with E-state index in [9.17, 15) is 0 Å². The van der Waals surface area contributed by atoms with Gasteiger partial charge in [0.25, 0.3) is 0 Å². The monoisotopic (exact) mass is 498 g/mol. The second-order valence-corrected chi connectivity index (χ2v) is 8.42. The first-order chi connectivity index (χ1) is 13.2. The van der Waals surface area contributed by atoms with Gasteiger partial charge in [-0.3, -0.25) is 9.89 Å². The number of benzene rings is 1. The Morgan fingerprint density at radius 3 is 2.57 bits per heavy atom. The van der Waals surface area contributed by atoms with Crippen molar-refractivity contribution in [3.63, 3.8) is 0 Å². The molecule has 1 aromatic rings. The lowest BCUT2D eigenvalue weighted by atomic mass is 9.96. The summed E-state index contributed by atoms with van der Waals surface area (Å²) in [6.45, 7) is 5.46. The highest BCUT2D eigenvalue weighted by Gasteiger charge is 2.41. The summed E-state index contributed by atoms with van der Waals surface area (Å²) in [6.07, 6.45) is 8.38. The molecule has 3 aliphatic heterocycles. The van der Waals surface area contributed by atoms with Crippen LogP contribution in [0.5, 0.6) is 0 Å². The fraction of sp³-hybridized carbons (Fsp3) is 0.682. The van der Waals surface area contributed by atoms with Crippen LogP contribution in [0.2, 0.25) is 0 Å². The highest BCUT2D eigenvalue weighted by molar-refractivity contribution is 14.0. The summed E-state index contributed by atoms with van der Waals surface area (Å²) in [5, 5.41) is 7.00. The van der Waals surface area contributed by atoms with Crippen molar-refractivity contribution in [3.05, 3.63) is 35.4 Å². The van der Waals surface area contributed by atoms with Crippen molar-refractivity contribution in [1.29, 1.82) is 0 Å². The first-order valence-corrected chi connectivity index (χ1v) is 10.7. The number of hydrogen-bond acceptors (Lipinski definition) is 3. The number of ether oxygens (including phenoxy) is 1. The molecule has 5 nitrogen and oxygen atoms in total. The standard InChI is InChI=1S/C22H34N4O.HI/c1-16-5-3-4-12-26(16)15-18-8-6-17(7-9-18)14-24-22(23-2)25-20-13-19-10-11-21(20)27-19;/h6-9,16,19-21H,3-5,10-15H2,1-2H3,(H2,23,24,25);1H. The Bertz CT molecular complexity index is 650. The van der Waals surface area contributed by atoms with E-state index in [-0.39, 0.29) is 24.0 Å². The molecule has 2 N–H and O–H groups in total. The molecule has 1 aromatic carbocycles. The summed E-state index contributed by atoms with van der Waals surface area (Å²) in [5.74, 6) is 0.877. The first kappa shape index (κ1) is 21.8. The van der Waals surface area contributed by atoms with Gasteiger partial charge in [-0.25, -0.2) is 0 Å². The maximum absolute atomic E-state index is 5.93. The molecule has 0 radical (unpaired) electrons. The molecule has 3 saturated heterocycles. The van der Waals surface area contributed by atoms with Crippen LogP contribution in [-0.4, -0.2) is 48.7 Å². The lowest BCUT2D eigenvalue weighted by Crippen LogP contribution is -2.47. The van der Waals surface area contributed by atoms with E-state index in [1.165, 1.54) is 49.8 Å². The third-order valence-electron chi connectivity index (χ3n) is 6.46. The van der Waals surface area contributed by atoms with E-state index < -0.39 is 0 Å². The summed E-state index contributed by atoms with van der Waals surface area (Å²) in [7, 11) is 1.84. The number of fused-ring (bicyclic) bond motifs is 2. The first-order valence-electron chi connectivity index (χ1n) is 10.7. The Balaban J connectivity index is 0.00000225. The number of rotatable bonds is 5. The van der Waals surface area contributed by atoms with E-state index in [2.05, 4.69) is 51.7 Å². The fourth-order valence-electron chi connectivity index (χ4n) is 4.74. The molecule has 3 aliphatic rings. The molecule has 156 valence electrons. The van der Waals surface area contributed by atoms with Crippen LogP contribution in [0.4, 0.5) is 0 Å². The van der Waals surface area contributed by atoms with Gasteiger partial charge in [0.05, 0.1) is 18.2 Å². The minimum absolute atomic E-state index is 0. The molecule has 0 aliphatic carbocycles. The van der Waals surface area contributed by atoms with Gasteiger partial charge in [-0.2, -0.15) is 0 Å². The molecule has 28 heavy (non-hydrogen) atoms. The predicted octanol–water partition coefficient (Wildman–Crippen LogP) is 3.66. The van der Waals surface area contributed by atoms with E-state index in [0.717, 1.165) is 25.5 Å². The van der Waals surface area contributed by atoms with Crippen molar-refractivity contribution < 1.29 is 4.74 Å². The van der Waals surface area contributed by atoms with Gasteiger partial charge in [0.1, 0.15) is 0 Å². The van der Waals surface area contributed by atoms with Gasteiger partial charge >= 0.3 is 0 Å². The topological polar surface area (TPSA) is 48.9 Å². The van der Waals surface area contributed by atoms with Crippen molar-refractivity contribution in [2.24, 2.45) is 4.99 Å². The van der Waals surface area contributed by atoms with Gasteiger partial charge in [-0.15, -0.1) is 24.0 Å². The number of nitrogens with zero attached hydrogens (tertiary/aromatic N) is 2. The van der Waals surface area contributed by atoms with E-state index in [4.69, 9.17) is 4.74 Å². The van der Waals surface area contributed by atoms with E-state index >= 15 is 0 Å². The molecule has 0 spiro atoms. The van der Waals surface area contributed by atoms with Crippen LogP contribution in [0.3, 0.4) is 0 Å². The van der Waals surface area contributed by atoms with E-state index in [1.54, 1.807) is 0 Å². The zero-order valence-electron chi connectivity index (χ0n) is 17.2. The quantitative estimate of drug-likeness (QED) is 0.370. The summed E-state index contributed by atoms with van der Waals surface area (Å²) < 4.78 is 5.93. The number of guanidine groups is 1. The number of nitrogens with one attached hydrogen (secondary N) is 2. The molecule has 0 saturated carbocycles. The van der Waals surface area contributed by atoms with Gasteiger partial charge in [0.2, 0.25) is 0 Å². The minimum atomic E-state index is 0. The van der Waals surface area contributed by atoms with Crippen LogP contribution in [0.15, 0.2) is 29.3 Å². The molecule has 4 atom stereocenters. The van der Waals surface area contributed by atoms with Crippen LogP contribution in [0.25, 0.3) is 0 Å². The van der Waals surface area contributed by atoms with Gasteiger partial charge in [-0.05, 0) is 56.7 Å². The van der Waals surface area contributed by atoms with Gasteiger partial charge in [0.15, 0.2) is 5.96 Å². The Kier molecular flexibility index (Phi) is 8.00. The van der Waals surface area contributed by atoms with Crippen LogP contribution in [0.1, 0.15) is 56.6 Å². The zero-order valence-corrected chi connectivity index (χ0v) is 19.5. The van der Waals surface area contributed by atoms with Crippen molar-refractivity contribution in [1.82, 2.24) is 15.5 Å². The zero-order chi connectivity index (χ0) is 18.6.